The van der Waals surface area contributed by atoms with Crippen molar-refractivity contribution in [2.45, 2.75) is 34.6 Å². The molecule has 1 aliphatic carbocycles. The molecule has 0 nitrogen and oxygen atoms in total. The summed E-state index contributed by atoms with van der Waals surface area (Å²) < 4.78 is 0. The van der Waals surface area contributed by atoms with Crippen molar-refractivity contribution in [2.24, 2.45) is 0 Å². The Morgan fingerprint density at radius 1 is 0.545 bits per heavy atom. The van der Waals surface area contributed by atoms with E-state index in [-0.39, 0.29) is 18.6 Å². The SMILES string of the molecule is C[C]1C(C)=C(C)C(C)=C1C.[V]. The number of hydrogen-bond acceptors (Lipinski definition) is 0. The Morgan fingerprint density at radius 3 is 0.909 bits per heavy atom. The molecule has 0 amide bonds. The topological polar surface area (TPSA) is 0 Å². The van der Waals surface area contributed by atoms with Gasteiger partial charge in [-0.05, 0) is 38.8 Å². The Kier molecular flexibility index (Phi) is 3.67. The van der Waals surface area contributed by atoms with E-state index in [0.29, 0.717) is 0 Å². The zero-order valence-electron chi connectivity index (χ0n) is 7.95. The molecule has 0 unspecified atom stereocenters. The summed E-state index contributed by atoms with van der Waals surface area (Å²) in [6, 6.07) is 0. The van der Waals surface area contributed by atoms with Crippen LogP contribution in [0.15, 0.2) is 22.3 Å². The molecule has 60 valence electrons. The van der Waals surface area contributed by atoms with Crippen molar-refractivity contribution in [2.75, 3.05) is 0 Å². The normalized spacial score (nSPS) is 19.4. The first-order chi connectivity index (χ1) is 4.55. The second-order valence-corrected chi connectivity index (χ2v) is 3.12. The van der Waals surface area contributed by atoms with E-state index < -0.39 is 0 Å². The molecule has 0 aromatic carbocycles. The van der Waals surface area contributed by atoms with Crippen molar-refractivity contribution < 1.29 is 18.6 Å². The molecule has 1 aliphatic rings. The first-order valence-electron chi connectivity index (χ1n) is 3.75. The van der Waals surface area contributed by atoms with Crippen molar-refractivity contribution in [3.63, 3.8) is 0 Å². The zero-order valence-corrected chi connectivity index (χ0v) is 9.34. The Bertz CT molecular complexity index is 197. The summed E-state index contributed by atoms with van der Waals surface area (Å²) in [5.74, 6) is 1.47. The molecule has 0 N–H and O–H groups in total. The third-order valence-electron chi connectivity index (χ3n) is 2.81. The Hall–Kier alpha value is 0.0644. The molecule has 0 saturated heterocycles. The Balaban J connectivity index is 0.000001000. The molecule has 1 rings (SSSR count). The van der Waals surface area contributed by atoms with Gasteiger partial charge in [0.25, 0.3) is 0 Å². The monoisotopic (exact) mass is 186 g/mol. The Morgan fingerprint density at radius 2 is 0.818 bits per heavy atom. The fourth-order valence-electron chi connectivity index (χ4n) is 1.41. The van der Waals surface area contributed by atoms with E-state index in [9.17, 15) is 0 Å². The van der Waals surface area contributed by atoms with Crippen molar-refractivity contribution in [1.29, 1.82) is 0 Å². The van der Waals surface area contributed by atoms with Gasteiger partial charge in [-0.1, -0.05) is 18.1 Å². The molecule has 0 atom stereocenters. The van der Waals surface area contributed by atoms with E-state index in [1.807, 2.05) is 0 Å². The van der Waals surface area contributed by atoms with Crippen LogP contribution in [0.4, 0.5) is 0 Å². The van der Waals surface area contributed by atoms with Crippen LogP contribution in [0.2, 0.25) is 0 Å². The van der Waals surface area contributed by atoms with E-state index in [2.05, 4.69) is 34.6 Å². The van der Waals surface area contributed by atoms with Crippen molar-refractivity contribution in [1.82, 2.24) is 0 Å². The van der Waals surface area contributed by atoms with Gasteiger partial charge in [-0.15, -0.1) is 0 Å². The molecule has 2 radical (unpaired) electrons. The molecule has 0 fully saturated rings. The first-order valence-corrected chi connectivity index (χ1v) is 3.75. The summed E-state index contributed by atoms with van der Waals surface area (Å²) >= 11 is 0. The van der Waals surface area contributed by atoms with Crippen molar-refractivity contribution >= 4 is 0 Å². The molecule has 0 aromatic heterocycles. The van der Waals surface area contributed by atoms with Gasteiger partial charge in [0.05, 0.1) is 0 Å². The minimum Gasteiger partial charge on any atom is -0.0589 e. The smallest absolute Gasteiger partial charge is 0.0226 e. The molecule has 0 heterocycles. The van der Waals surface area contributed by atoms with Gasteiger partial charge in [0, 0.05) is 24.5 Å². The Labute approximate surface area is 81.6 Å². The van der Waals surface area contributed by atoms with Crippen molar-refractivity contribution in [3.05, 3.63) is 28.2 Å². The van der Waals surface area contributed by atoms with Crippen LogP contribution in [0.1, 0.15) is 34.6 Å². The largest absolute Gasteiger partial charge is 0.0589 e. The van der Waals surface area contributed by atoms with Gasteiger partial charge in [0.1, 0.15) is 0 Å². The molecule has 1 heteroatoms. The van der Waals surface area contributed by atoms with Crippen LogP contribution in [0.5, 0.6) is 0 Å². The van der Waals surface area contributed by atoms with Gasteiger partial charge in [-0.25, -0.2) is 0 Å². The minimum absolute atomic E-state index is 0. The summed E-state index contributed by atoms with van der Waals surface area (Å²) in [4.78, 5) is 0. The van der Waals surface area contributed by atoms with Gasteiger partial charge in [0.15, 0.2) is 0 Å². The molecule has 0 spiro atoms. The molecule has 0 bridgehead atoms. The van der Waals surface area contributed by atoms with Crippen LogP contribution in [0.25, 0.3) is 0 Å². The molecule has 0 aliphatic heterocycles. The standard InChI is InChI=1S/C10H15.V/c1-6-7(2)9(4)10(5)8(6)3;/h1-5H3;. The van der Waals surface area contributed by atoms with Gasteiger partial charge in [-0.3, -0.25) is 0 Å². The number of rotatable bonds is 0. The fourth-order valence-corrected chi connectivity index (χ4v) is 1.41. The molecule has 0 saturated carbocycles. The van der Waals surface area contributed by atoms with Crippen LogP contribution >= 0.6 is 0 Å². The first kappa shape index (κ1) is 11.1. The summed E-state index contributed by atoms with van der Waals surface area (Å²) in [5, 5.41) is 0. The van der Waals surface area contributed by atoms with E-state index in [0.717, 1.165) is 0 Å². The average molecular weight is 186 g/mol. The van der Waals surface area contributed by atoms with Gasteiger partial charge in [-0.2, -0.15) is 0 Å². The summed E-state index contributed by atoms with van der Waals surface area (Å²) in [6.45, 7) is 11.0. The van der Waals surface area contributed by atoms with Crippen LogP contribution in [0, 0.1) is 5.92 Å². The van der Waals surface area contributed by atoms with E-state index >= 15 is 0 Å². The third kappa shape index (κ3) is 1.63. The maximum atomic E-state index is 2.20. The molecular formula is C10H15V. The van der Waals surface area contributed by atoms with Crippen LogP contribution < -0.4 is 0 Å². The predicted molar refractivity (Wildman–Crippen MR) is 45.7 cm³/mol. The predicted octanol–water partition coefficient (Wildman–Crippen LogP) is 3.26. The molecule has 11 heavy (non-hydrogen) atoms. The number of hydrogen-bond donors (Lipinski definition) is 0. The van der Waals surface area contributed by atoms with Gasteiger partial charge in [0.2, 0.25) is 0 Å². The summed E-state index contributed by atoms with van der Waals surface area (Å²) in [7, 11) is 0. The number of allylic oxidation sites excluding steroid dienone is 4. The van der Waals surface area contributed by atoms with Crippen LogP contribution in [-0.4, -0.2) is 0 Å². The summed E-state index contributed by atoms with van der Waals surface area (Å²) in [6.07, 6.45) is 0. The van der Waals surface area contributed by atoms with E-state index in [4.69, 9.17) is 0 Å². The maximum Gasteiger partial charge on any atom is 0.0226 e. The maximum absolute atomic E-state index is 2.20. The summed E-state index contributed by atoms with van der Waals surface area (Å²) in [5.41, 5.74) is 5.87. The quantitative estimate of drug-likeness (QED) is 0.544. The molecular weight excluding hydrogens is 171 g/mol. The van der Waals surface area contributed by atoms with Crippen LogP contribution in [-0.2, 0) is 18.6 Å². The fraction of sp³-hybridized carbons (Fsp3) is 0.500. The van der Waals surface area contributed by atoms with E-state index in [1.54, 1.807) is 0 Å². The van der Waals surface area contributed by atoms with Crippen molar-refractivity contribution in [3.8, 4) is 0 Å². The van der Waals surface area contributed by atoms with Crippen LogP contribution in [0.3, 0.4) is 0 Å². The molecule has 0 aromatic rings. The second kappa shape index (κ2) is 3.64. The minimum atomic E-state index is 0. The van der Waals surface area contributed by atoms with E-state index in [1.165, 1.54) is 28.2 Å². The third-order valence-corrected chi connectivity index (χ3v) is 2.81. The van der Waals surface area contributed by atoms with Gasteiger partial charge >= 0.3 is 0 Å². The second-order valence-electron chi connectivity index (χ2n) is 3.12. The van der Waals surface area contributed by atoms with Gasteiger partial charge < -0.3 is 0 Å². The zero-order chi connectivity index (χ0) is 7.89. The average Bonchev–Trinajstić information content (AvgIpc) is 2.07.